The first-order valence-electron chi connectivity index (χ1n) is 5.58. The van der Waals surface area contributed by atoms with Crippen molar-refractivity contribution in [1.29, 1.82) is 5.26 Å². The zero-order chi connectivity index (χ0) is 13.5. The van der Waals surface area contributed by atoms with Crippen molar-refractivity contribution in [3.8, 4) is 6.07 Å². The maximum absolute atomic E-state index is 11.2. The molecule has 94 valence electrons. The summed E-state index contributed by atoms with van der Waals surface area (Å²) in [6, 6.07) is 7.77. The first-order chi connectivity index (χ1) is 8.60. The Hall–Kier alpha value is -2.28. The molecule has 0 bridgehead atoms. The highest BCUT2D eigenvalue weighted by atomic mass is 16.5. The average Bonchev–Trinajstić information content (AvgIpc) is 2.37. The number of nitriles is 1. The number of methoxy groups -OCH3 is 1. The Morgan fingerprint density at radius 3 is 2.89 bits per heavy atom. The number of benzene rings is 1. The quantitative estimate of drug-likeness (QED) is 0.652. The van der Waals surface area contributed by atoms with Gasteiger partial charge in [0.25, 0.3) is 0 Å². The number of nitrogens with zero attached hydrogens (tertiary/aromatic N) is 1. The van der Waals surface area contributed by atoms with Gasteiger partial charge >= 0.3 is 5.97 Å². The van der Waals surface area contributed by atoms with E-state index in [0.29, 0.717) is 17.7 Å². The molecule has 1 rings (SSSR count). The van der Waals surface area contributed by atoms with Gasteiger partial charge in [-0.1, -0.05) is 18.2 Å². The SMILES string of the molecule is COC(=O)/C(C)=C/CNc1cccc(C)c1C#N. The molecule has 0 aromatic heterocycles. The third-order valence-corrected chi connectivity index (χ3v) is 2.59. The van der Waals surface area contributed by atoms with Crippen LogP contribution in [0.15, 0.2) is 29.8 Å². The van der Waals surface area contributed by atoms with E-state index in [1.807, 2.05) is 25.1 Å². The largest absolute Gasteiger partial charge is 0.466 e. The van der Waals surface area contributed by atoms with Gasteiger partial charge in [-0.15, -0.1) is 0 Å². The summed E-state index contributed by atoms with van der Waals surface area (Å²) in [5.74, 6) is -0.346. The van der Waals surface area contributed by atoms with Crippen molar-refractivity contribution in [3.05, 3.63) is 41.0 Å². The smallest absolute Gasteiger partial charge is 0.333 e. The second-order valence-electron chi connectivity index (χ2n) is 3.87. The van der Waals surface area contributed by atoms with E-state index >= 15 is 0 Å². The van der Waals surface area contributed by atoms with E-state index in [-0.39, 0.29) is 5.97 Å². The molecule has 0 aliphatic heterocycles. The highest BCUT2D eigenvalue weighted by Crippen LogP contribution is 2.17. The van der Waals surface area contributed by atoms with Crippen molar-refractivity contribution in [2.45, 2.75) is 13.8 Å². The lowest BCUT2D eigenvalue weighted by atomic mass is 10.1. The summed E-state index contributed by atoms with van der Waals surface area (Å²) < 4.78 is 4.59. The molecule has 0 unspecified atom stereocenters. The average molecular weight is 244 g/mol. The fourth-order valence-electron chi connectivity index (χ4n) is 1.52. The molecular formula is C14H16N2O2. The zero-order valence-electron chi connectivity index (χ0n) is 10.8. The highest BCUT2D eigenvalue weighted by Gasteiger charge is 2.04. The van der Waals surface area contributed by atoms with Crippen LogP contribution in [0.3, 0.4) is 0 Å². The summed E-state index contributed by atoms with van der Waals surface area (Å²) in [5, 5.41) is 12.2. The molecule has 0 atom stereocenters. The molecule has 0 aliphatic carbocycles. The standard InChI is InChI=1S/C14H16N2O2/c1-10-5-4-6-13(12(10)9-15)16-8-7-11(2)14(17)18-3/h4-7,16H,8H2,1-3H3/b11-7+. The van der Waals surface area contributed by atoms with Crippen LogP contribution in [0.2, 0.25) is 0 Å². The van der Waals surface area contributed by atoms with Crippen molar-refractivity contribution in [3.63, 3.8) is 0 Å². The summed E-state index contributed by atoms with van der Waals surface area (Å²) in [7, 11) is 1.35. The highest BCUT2D eigenvalue weighted by molar-refractivity contribution is 5.87. The molecule has 0 saturated heterocycles. The van der Waals surface area contributed by atoms with Crippen LogP contribution in [-0.4, -0.2) is 19.6 Å². The molecule has 0 radical (unpaired) electrons. The van der Waals surface area contributed by atoms with Crippen LogP contribution in [0.1, 0.15) is 18.1 Å². The van der Waals surface area contributed by atoms with E-state index in [0.717, 1.165) is 11.3 Å². The second-order valence-corrected chi connectivity index (χ2v) is 3.87. The van der Waals surface area contributed by atoms with Gasteiger partial charge in [0, 0.05) is 12.1 Å². The van der Waals surface area contributed by atoms with Gasteiger partial charge in [-0.05, 0) is 25.5 Å². The van der Waals surface area contributed by atoms with Crippen molar-refractivity contribution < 1.29 is 9.53 Å². The van der Waals surface area contributed by atoms with Gasteiger partial charge in [0.2, 0.25) is 0 Å². The van der Waals surface area contributed by atoms with Gasteiger partial charge in [-0.2, -0.15) is 5.26 Å². The Balaban J connectivity index is 2.74. The second kappa shape index (κ2) is 6.45. The lowest BCUT2D eigenvalue weighted by molar-refractivity contribution is -0.136. The number of aryl methyl sites for hydroxylation is 1. The van der Waals surface area contributed by atoms with Gasteiger partial charge in [0.1, 0.15) is 6.07 Å². The fourth-order valence-corrected chi connectivity index (χ4v) is 1.52. The van der Waals surface area contributed by atoms with Gasteiger partial charge in [-0.25, -0.2) is 4.79 Å². The molecule has 1 aromatic carbocycles. The van der Waals surface area contributed by atoms with E-state index in [4.69, 9.17) is 5.26 Å². The molecular weight excluding hydrogens is 228 g/mol. The number of anilines is 1. The molecule has 0 amide bonds. The van der Waals surface area contributed by atoms with Gasteiger partial charge in [0.15, 0.2) is 0 Å². The summed E-state index contributed by atoms with van der Waals surface area (Å²) in [6.07, 6.45) is 1.73. The molecule has 1 N–H and O–H groups in total. The predicted molar refractivity (Wildman–Crippen MR) is 70.2 cm³/mol. The molecule has 4 heteroatoms. The maximum atomic E-state index is 11.2. The van der Waals surface area contributed by atoms with Crippen LogP contribution in [0.4, 0.5) is 5.69 Å². The normalized spacial score (nSPS) is 10.7. The van der Waals surface area contributed by atoms with E-state index in [1.54, 1.807) is 13.0 Å². The third kappa shape index (κ3) is 3.36. The van der Waals surface area contributed by atoms with Gasteiger partial charge in [0.05, 0.1) is 18.4 Å². The van der Waals surface area contributed by atoms with Crippen molar-refractivity contribution in [2.24, 2.45) is 0 Å². The number of ether oxygens (including phenoxy) is 1. The molecule has 0 saturated carbocycles. The number of nitrogens with one attached hydrogen (secondary N) is 1. The Morgan fingerprint density at radius 1 is 1.56 bits per heavy atom. The summed E-state index contributed by atoms with van der Waals surface area (Å²) in [5.41, 5.74) is 2.86. The summed E-state index contributed by atoms with van der Waals surface area (Å²) >= 11 is 0. The Kier molecular flexibility index (Phi) is 4.94. The third-order valence-electron chi connectivity index (χ3n) is 2.59. The van der Waals surface area contributed by atoms with Crippen molar-refractivity contribution in [2.75, 3.05) is 19.0 Å². The van der Waals surface area contributed by atoms with Crippen LogP contribution >= 0.6 is 0 Å². The number of carbonyl (C=O) groups is 1. The molecule has 18 heavy (non-hydrogen) atoms. The van der Waals surface area contributed by atoms with E-state index in [1.165, 1.54) is 7.11 Å². The Bertz CT molecular complexity index is 513. The minimum absolute atomic E-state index is 0.346. The van der Waals surface area contributed by atoms with Crippen LogP contribution in [0.5, 0.6) is 0 Å². The monoisotopic (exact) mass is 244 g/mol. The topological polar surface area (TPSA) is 62.1 Å². The fraction of sp³-hybridized carbons (Fsp3) is 0.286. The van der Waals surface area contributed by atoms with E-state index < -0.39 is 0 Å². The van der Waals surface area contributed by atoms with Crippen molar-refractivity contribution >= 4 is 11.7 Å². The first kappa shape index (κ1) is 13.8. The minimum Gasteiger partial charge on any atom is -0.466 e. The summed E-state index contributed by atoms with van der Waals surface area (Å²) in [6.45, 7) is 4.05. The maximum Gasteiger partial charge on any atom is 0.333 e. The molecule has 1 aromatic rings. The molecule has 4 nitrogen and oxygen atoms in total. The Labute approximate surface area is 107 Å². The number of hydrogen-bond acceptors (Lipinski definition) is 4. The lowest BCUT2D eigenvalue weighted by Crippen LogP contribution is -2.06. The van der Waals surface area contributed by atoms with Crippen LogP contribution < -0.4 is 5.32 Å². The summed E-state index contributed by atoms with van der Waals surface area (Å²) in [4.78, 5) is 11.2. The van der Waals surface area contributed by atoms with Crippen LogP contribution in [-0.2, 0) is 9.53 Å². The first-order valence-corrected chi connectivity index (χ1v) is 5.58. The van der Waals surface area contributed by atoms with Crippen molar-refractivity contribution in [1.82, 2.24) is 0 Å². The van der Waals surface area contributed by atoms with Gasteiger partial charge < -0.3 is 10.1 Å². The molecule has 0 spiro atoms. The number of rotatable bonds is 4. The van der Waals surface area contributed by atoms with E-state index in [2.05, 4.69) is 16.1 Å². The number of esters is 1. The minimum atomic E-state index is -0.346. The molecule has 0 fully saturated rings. The number of hydrogen-bond donors (Lipinski definition) is 1. The Morgan fingerprint density at radius 2 is 2.28 bits per heavy atom. The van der Waals surface area contributed by atoms with Crippen LogP contribution in [0.25, 0.3) is 0 Å². The van der Waals surface area contributed by atoms with Crippen LogP contribution in [0, 0.1) is 18.3 Å². The molecule has 0 heterocycles. The zero-order valence-corrected chi connectivity index (χ0v) is 10.8. The van der Waals surface area contributed by atoms with E-state index in [9.17, 15) is 4.79 Å². The number of carbonyl (C=O) groups excluding carboxylic acids is 1. The van der Waals surface area contributed by atoms with Gasteiger partial charge in [-0.3, -0.25) is 0 Å². The lowest BCUT2D eigenvalue weighted by Gasteiger charge is -2.08. The molecule has 0 aliphatic rings. The predicted octanol–water partition coefficient (Wildman–Crippen LogP) is 2.40.